The Kier molecular flexibility index (Phi) is 10.6. The lowest BCUT2D eigenvalue weighted by molar-refractivity contribution is -0.142. The molecule has 0 saturated carbocycles. The molecule has 19 heavy (non-hydrogen) atoms. The second kappa shape index (κ2) is 10.3. The van der Waals surface area contributed by atoms with Crippen molar-refractivity contribution >= 4 is 11.9 Å². The first-order chi connectivity index (χ1) is 8.63. The highest BCUT2D eigenvalue weighted by molar-refractivity contribution is 5.91. The highest BCUT2D eigenvalue weighted by Gasteiger charge is 2.07. The van der Waals surface area contributed by atoms with Gasteiger partial charge >= 0.3 is 5.97 Å². The normalized spacial score (nSPS) is 10.6. The van der Waals surface area contributed by atoms with Crippen LogP contribution < -0.4 is 0 Å². The van der Waals surface area contributed by atoms with Crippen LogP contribution in [0.4, 0.5) is 0 Å². The second-order valence-corrected chi connectivity index (χ2v) is 4.20. The fourth-order valence-corrected chi connectivity index (χ4v) is 0.730. The zero-order chi connectivity index (χ0) is 15.6. The third-order valence-electron chi connectivity index (χ3n) is 1.74. The van der Waals surface area contributed by atoms with Gasteiger partial charge in [-0.25, -0.2) is 4.79 Å². The third kappa shape index (κ3) is 11.2. The quantitative estimate of drug-likeness (QED) is 0.548. The summed E-state index contributed by atoms with van der Waals surface area (Å²) >= 11 is 0. The summed E-state index contributed by atoms with van der Waals surface area (Å²) in [6, 6.07) is 0. The van der Waals surface area contributed by atoms with E-state index in [-0.39, 0.29) is 18.1 Å². The zero-order valence-electron chi connectivity index (χ0n) is 12.0. The molecule has 6 nitrogen and oxygen atoms in total. The molecule has 0 saturated heterocycles. The molecule has 6 heteroatoms. The maximum Gasteiger partial charge on any atom is 0.333 e. The molecule has 2 N–H and O–H groups in total. The molecule has 1 atom stereocenters. The molecule has 0 aromatic carbocycles. The first kappa shape index (κ1) is 19.7. The number of ether oxygens (including phenoxy) is 1. The predicted molar refractivity (Wildman–Crippen MR) is 72.4 cm³/mol. The number of aliphatic hydroxyl groups excluding tert-OH is 2. The van der Waals surface area contributed by atoms with Crippen molar-refractivity contribution in [3.8, 4) is 0 Å². The van der Waals surface area contributed by atoms with Gasteiger partial charge < -0.3 is 19.8 Å². The molecule has 1 amide bonds. The number of carbonyl (C=O) groups excluding carboxylic acids is 2. The van der Waals surface area contributed by atoms with E-state index in [0.29, 0.717) is 5.57 Å². The number of amides is 1. The Balaban J connectivity index is 0. The van der Waals surface area contributed by atoms with Crippen LogP contribution in [0, 0.1) is 0 Å². The van der Waals surface area contributed by atoms with Gasteiger partial charge in [-0.2, -0.15) is 0 Å². The summed E-state index contributed by atoms with van der Waals surface area (Å²) in [6.07, 6.45) is -1.00. The fourth-order valence-electron chi connectivity index (χ4n) is 0.730. The molecule has 110 valence electrons. The van der Waals surface area contributed by atoms with Gasteiger partial charge in [-0.1, -0.05) is 13.2 Å². The lowest BCUT2D eigenvalue weighted by Crippen LogP contribution is -2.22. The number of nitrogens with zero attached hydrogens (tertiary/aromatic N) is 1. The van der Waals surface area contributed by atoms with E-state index in [1.807, 2.05) is 0 Å². The highest BCUT2D eigenvalue weighted by Crippen LogP contribution is 1.93. The highest BCUT2D eigenvalue weighted by atomic mass is 16.5. The van der Waals surface area contributed by atoms with E-state index in [2.05, 4.69) is 17.9 Å². The Morgan fingerprint density at radius 3 is 1.89 bits per heavy atom. The van der Waals surface area contributed by atoms with Crippen molar-refractivity contribution in [1.29, 1.82) is 0 Å². The lowest BCUT2D eigenvalue weighted by Gasteiger charge is -2.07. The van der Waals surface area contributed by atoms with Gasteiger partial charge in [0.1, 0.15) is 12.7 Å². The maximum absolute atomic E-state index is 10.7. The molecule has 0 fully saturated rings. The molecule has 0 aliphatic carbocycles. The standard InChI is InChI=1S/C7H12O4.C6H11NO/c1-5(2)7(10)11-4-6(9)3-8;1-5(2)6(8)7(3)4/h6,8-9H,1,3-4H2,2H3;1H2,2-4H3. The molecule has 0 radical (unpaired) electrons. The first-order valence-corrected chi connectivity index (χ1v) is 5.62. The van der Waals surface area contributed by atoms with Crippen molar-refractivity contribution < 1.29 is 24.5 Å². The summed E-state index contributed by atoms with van der Waals surface area (Å²) in [7, 11) is 3.41. The van der Waals surface area contributed by atoms with Crippen LogP contribution in [0.2, 0.25) is 0 Å². The fraction of sp³-hybridized carbons (Fsp3) is 0.538. The molecule has 0 aromatic rings. The molecule has 0 rings (SSSR count). The van der Waals surface area contributed by atoms with E-state index in [1.165, 1.54) is 11.8 Å². The number of hydrogen-bond donors (Lipinski definition) is 2. The van der Waals surface area contributed by atoms with Crippen LogP contribution in [0.3, 0.4) is 0 Å². The summed E-state index contributed by atoms with van der Waals surface area (Å²) < 4.78 is 4.51. The Hall–Kier alpha value is -1.66. The van der Waals surface area contributed by atoms with E-state index in [4.69, 9.17) is 10.2 Å². The van der Waals surface area contributed by atoms with E-state index < -0.39 is 18.7 Å². The minimum Gasteiger partial charge on any atom is -0.460 e. The van der Waals surface area contributed by atoms with Crippen LogP contribution >= 0.6 is 0 Å². The summed E-state index contributed by atoms with van der Waals surface area (Å²) in [5.74, 6) is -0.567. The Morgan fingerprint density at radius 1 is 1.21 bits per heavy atom. The van der Waals surface area contributed by atoms with Crippen molar-refractivity contribution in [2.45, 2.75) is 20.0 Å². The lowest BCUT2D eigenvalue weighted by atomic mass is 10.3. The molecule has 0 heterocycles. The minimum absolute atomic E-state index is 0.00926. The van der Waals surface area contributed by atoms with E-state index in [9.17, 15) is 9.59 Å². The largest absolute Gasteiger partial charge is 0.460 e. The first-order valence-electron chi connectivity index (χ1n) is 5.62. The summed E-state index contributed by atoms with van der Waals surface area (Å²) in [5, 5.41) is 17.1. The molecule has 0 bridgehead atoms. The number of likely N-dealkylation sites (N-methyl/N-ethyl adjacent to an activating group) is 1. The summed E-state index contributed by atoms with van der Waals surface area (Å²) in [4.78, 5) is 22.8. The van der Waals surface area contributed by atoms with Crippen LogP contribution in [0.15, 0.2) is 24.3 Å². The van der Waals surface area contributed by atoms with E-state index in [0.717, 1.165) is 0 Å². The monoisotopic (exact) mass is 273 g/mol. The maximum atomic E-state index is 10.7. The molecule has 0 aliphatic rings. The van der Waals surface area contributed by atoms with Crippen molar-refractivity contribution in [2.24, 2.45) is 0 Å². The van der Waals surface area contributed by atoms with Gasteiger partial charge in [0.2, 0.25) is 5.91 Å². The Morgan fingerprint density at radius 2 is 1.68 bits per heavy atom. The average Bonchev–Trinajstić information content (AvgIpc) is 2.34. The number of hydrogen-bond acceptors (Lipinski definition) is 5. The van der Waals surface area contributed by atoms with Crippen molar-refractivity contribution in [2.75, 3.05) is 27.3 Å². The number of aliphatic hydroxyl groups is 2. The van der Waals surface area contributed by atoms with Crippen LogP contribution in [-0.2, 0) is 14.3 Å². The van der Waals surface area contributed by atoms with Crippen LogP contribution in [0.1, 0.15) is 13.8 Å². The van der Waals surface area contributed by atoms with Crippen molar-refractivity contribution in [3.05, 3.63) is 24.3 Å². The van der Waals surface area contributed by atoms with Crippen molar-refractivity contribution in [1.82, 2.24) is 4.90 Å². The molecule has 0 aliphatic heterocycles. The average molecular weight is 273 g/mol. The smallest absolute Gasteiger partial charge is 0.333 e. The summed E-state index contributed by atoms with van der Waals surface area (Å²) in [6.45, 7) is 9.42. The molecule has 1 unspecified atom stereocenters. The molecular formula is C13H23NO5. The van der Waals surface area contributed by atoms with Crippen LogP contribution in [0.25, 0.3) is 0 Å². The molecule has 0 spiro atoms. The van der Waals surface area contributed by atoms with Gasteiger partial charge in [-0.3, -0.25) is 4.79 Å². The SMILES string of the molecule is C=C(C)C(=O)N(C)C.C=C(C)C(=O)OCC(O)CO. The minimum atomic E-state index is -1.00. The van der Waals surface area contributed by atoms with Gasteiger partial charge in [-0.05, 0) is 13.8 Å². The van der Waals surface area contributed by atoms with Gasteiger partial charge in [0.05, 0.1) is 6.61 Å². The Labute approximate surface area is 114 Å². The van der Waals surface area contributed by atoms with Gasteiger partial charge in [-0.15, -0.1) is 0 Å². The number of carbonyl (C=O) groups is 2. The summed E-state index contributed by atoms with van der Waals surface area (Å²) in [5.41, 5.74) is 0.852. The number of esters is 1. The van der Waals surface area contributed by atoms with E-state index >= 15 is 0 Å². The van der Waals surface area contributed by atoms with Gasteiger partial charge in [0.15, 0.2) is 0 Å². The predicted octanol–water partition coefficient (Wildman–Crippen LogP) is 0.110. The topological polar surface area (TPSA) is 87.1 Å². The zero-order valence-corrected chi connectivity index (χ0v) is 12.0. The van der Waals surface area contributed by atoms with Gasteiger partial charge in [0, 0.05) is 25.2 Å². The van der Waals surface area contributed by atoms with E-state index in [1.54, 1.807) is 21.0 Å². The molecular weight excluding hydrogens is 250 g/mol. The van der Waals surface area contributed by atoms with Crippen LogP contribution in [0.5, 0.6) is 0 Å². The Bertz CT molecular complexity index is 336. The number of rotatable bonds is 5. The second-order valence-electron chi connectivity index (χ2n) is 4.20. The van der Waals surface area contributed by atoms with Crippen molar-refractivity contribution in [3.63, 3.8) is 0 Å². The molecule has 0 aromatic heterocycles. The van der Waals surface area contributed by atoms with Crippen LogP contribution in [-0.4, -0.2) is 60.4 Å². The van der Waals surface area contributed by atoms with Gasteiger partial charge in [0.25, 0.3) is 0 Å². The third-order valence-corrected chi connectivity index (χ3v) is 1.74.